The van der Waals surface area contributed by atoms with E-state index in [1.165, 1.54) is 96.3 Å². The second-order valence-electron chi connectivity index (χ2n) is 17.9. The molecule has 1 aliphatic rings. The average molecular weight is 975 g/mol. The number of hydrogen-bond acceptors (Lipinski definition) is 14. The van der Waals surface area contributed by atoms with Gasteiger partial charge < -0.3 is 44.6 Å². The average Bonchev–Trinajstić information content (AvgIpc) is 3.25. The van der Waals surface area contributed by atoms with Crippen LogP contribution >= 0.6 is 15.6 Å². The van der Waals surface area contributed by atoms with Gasteiger partial charge in [-0.3, -0.25) is 28.0 Å². The van der Waals surface area contributed by atoms with Gasteiger partial charge in [-0.25, -0.2) is 9.13 Å². The van der Waals surface area contributed by atoms with Crippen LogP contribution in [0.1, 0.15) is 219 Å². The summed E-state index contributed by atoms with van der Waals surface area (Å²) in [6, 6.07) is 0. The quantitative estimate of drug-likeness (QED) is 0.0171. The lowest BCUT2D eigenvalue weighted by Crippen LogP contribution is -2.64. The fourth-order valence-electron chi connectivity index (χ4n) is 7.97. The molecule has 0 aromatic heterocycles. The summed E-state index contributed by atoms with van der Waals surface area (Å²) in [5.74, 6) is -0.812. The standard InChI is InChI=1S/C46H88O17P2/c1-3-5-6-7-8-9-10-13-18-21-24-27-30-34-40(49)61-38(36-60-65(57,58)63-46-43(52)41(50)45(42(51)44(46)53)62-64(54,55)56)35-59-39(48)33-29-26-23-20-17-15-12-11-14-16-19-22-25-28-32-37(47)31-4-2/h38,41-46,50-53H,3-36H2,1-2H3,(H,57,58)(H2,54,55,56)/t38-,41-,42+,43?,44-,45?,46?/m1/s1. The number of unbranched alkanes of at least 4 members (excludes halogenated alkanes) is 25. The van der Waals surface area contributed by atoms with Crippen LogP contribution in [0.25, 0.3) is 0 Å². The molecule has 0 saturated heterocycles. The van der Waals surface area contributed by atoms with E-state index in [1.54, 1.807) is 0 Å². The van der Waals surface area contributed by atoms with Crippen molar-refractivity contribution in [3.8, 4) is 0 Å². The molecule has 4 unspecified atom stereocenters. The Balaban J connectivity index is 2.50. The lowest BCUT2D eigenvalue weighted by molar-refractivity contribution is -0.216. The molecule has 8 atom stereocenters. The zero-order chi connectivity index (χ0) is 48.4. The first-order valence-corrected chi connectivity index (χ1v) is 28.0. The van der Waals surface area contributed by atoms with Gasteiger partial charge in [0.1, 0.15) is 49.0 Å². The van der Waals surface area contributed by atoms with E-state index in [9.17, 15) is 48.8 Å². The Hall–Kier alpha value is -1.33. The number of esters is 2. The molecule has 17 nitrogen and oxygen atoms in total. The molecule has 0 aromatic rings. The van der Waals surface area contributed by atoms with Gasteiger partial charge in [-0.2, -0.15) is 0 Å². The summed E-state index contributed by atoms with van der Waals surface area (Å²) in [6.45, 7) is 2.93. The maximum absolute atomic E-state index is 12.9. The molecule has 0 radical (unpaired) electrons. The van der Waals surface area contributed by atoms with Gasteiger partial charge in [-0.15, -0.1) is 0 Å². The van der Waals surface area contributed by atoms with E-state index in [4.69, 9.17) is 28.3 Å². The van der Waals surface area contributed by atoms with Gasteiger partial charge in [0.05, 0.1) is 6.61 Å². The molecule has 0 aromatic carbocycles. The smallest absolute Gasteiger partial charge is 0.462 e. The molecule has 19 heteroatoms. The molecule has 384 valence electrons. The van der Waals surface area contributed by atoms with Crippen LogP contribution < -0.4 is 0 Å². The molecule has 0 amide bonds. The van der Waals surface area contributed by atoms with Crippen molar-refractivity contribution in [2.45, 2.75) is 262 Å². The van der Waals surface area contributed by atoms with Crippen LogP contribution in [0.5, 0.6) is 0 Å². The first-order chi connectivity index (χ1) is 31.0. The number of aliphatic hydroxyl groups excluding tert-OH is 4. The third kappa shape index (κ3) is 32.2. The molecule has 1 fully saturated rings. The van der Waals surface area contributed by atoms with Crippen molar-refractivity contribution in [2.24, 2.45) is 0 Å². The van der Waals surface area contributed by atoms with Crippen LogP contribution in [-0.4, -0.2) is 109 Å². The number of ether oxygens (including phenoxy) is 2. The van der Waals surface area contributed by atoms with Gasteiger partial charge in [-0.05, 0) is 25.7 Å². The topological polar surface area (TPSA) is 273 Å². The molecule has 0 spiro atoms. The normalized spacial score (nSPS) is 21.5. The van der Waals surface area contributed by atoms with Crippen molar-refractivity contribution in [1.82, 2.24) is 0 Å². The number of carbonyl (C=O) groups excluding carboxylic acids is 3. The van der Waals surface area contributed by atoms with E-state index in [-0.39, 0.29) is 12.8 Å². The summed E-state index contributed by atoms with van der Waals surface area (Å²) >= 11 is 0. The van der Waals surface area contributed by atoms with E-state index >= 15 is 0 Å². The van der Waals surface area contributed by atoms with E-state index in [0.717, 1.165) is 77.0 Å². The zero-order valence-corrected chi connectivity index (χ0v) is 41.5. The largest absolute Gasteiger partial charge is 0.472 e. The Morgan fingerprint density at radius 1 is 0.446 bits per heavy atom. The highest BCUT2D eigenvalue weighted by Crippen LogP contribution is 2.48. The highest BCUT2D eigenvalue weighted by molar-refractivity contribution is 7.47. The van der Waals surface area contributed by atoms with Crippen LogP contribution in [0.3, 0.4) is 0 Å². The lowest BCUT2D eigenvalue weighted by atomic mass is 9.85. The maximum atomic E-state index is 12.9. The summed E-state index contributed by atoms with van der Waals surface area (Å²) in [4.78, 5) is 65.7. The summed E-state index contributed by atoms with van der Waals surface area (Å²) in [6.07, 6.45) is 17.6. The van der Waals surface area contributed by atoms with Gasteiger partial charge in [0.15, 0.2) is 6.10 Å². The Morgan fingerprint density at radius 3 is 1.18 bits per heavy atom. The Kier molecular flexibility index (Phi) is 35.6. The number of ketones is 1. The molecule has 1 saturated carbocycles. The first kappa shape index (κ1) is 61.7. The van der Waals surface area contributed by atoms with Gasteiger partial charge >= 0.3 is 27.6 Å². The van der Waals surface area contributed by atoms with E-state index < -0.39 is 83.5 Å². The lowest BCUT2D eigenvalue weighted by Gasteiger charge is -2.43. The highest BCUT2D eigenvalue weighted by atomic mass is 31.2. The van der Waals surface area contributed by atoms with Crippen molar-refractivity contribution in [3.63, 3.8) is 0 Å². The predicted octanol–water partition coefficient (Wildman–Crippen LogP) is 8.97. The fourth-order valence-corrected chi connectivity index (χ4v) is 9.51. The van der Waals surface area contributed by atoms with Gasteiger partial charge in [0.2, 0.25) is 0 Å². The molecule has 0 heterocycles. The first-order valence-electron chi connectivity index (χ1n) is 25.0. The van der Waals surface area contributed by atoms with Crippen LogP contribution in [0.15, 0.2) is 0 Å². The SMILES string of the molecule is CCCCCCCCCCCCCCCC(=O)O[C@H](COC(=O)CCCCCCCCCCCCCCCCC(=O)CCC)COP(=O)(O)OC1C(O)[C@@H](O)C(OP(=O)(O)O)[C@@H](O)[C@H]1O. The fraction of sp³-hybridized carbons (Fsp3) is 0.935. The van der Waals surface area contributed by atoms with E-state index in [0.29, 0.717) is 25.0 Å². The van der Waals surface area contributed by atoms with E-state index in [1.807, 2.05) is 6.92 Å². The molecular weight excluding hydrogens is 886 g/mol. The monoisotopic (exact) mass is 975 g/mol. The molecule has 0 aliphatic heterocycles. The molecule has 1 aliphatic carbocycles. The Bertz CT molecular complexity index is 1320. The number of rotatable bonds is 43. The third-order valence-corrected chi connectivity index (χ3v) is 13.3. The van der Waals surface area contributed by atoms with Crippen molar-refractivity contribution in [3.05, 3.63) is 0 Å². The van der Waals surface area contributed by atoms with Crippen LogP contribution in [0.2, 0.25) is 0 Å². The summed E-state index contributed by atoms with van der Waals surface area (Å²) in [5.41, 5.74) is 0. The van der Waals surface area contributed by atoms with Gasteiger partial charge in [0, 0.05) is 25.7 Å². The van der Waals surface area contributed by atoms with Crippen molar-refractivity contribution in [1.29, 1.82) is 0 Å². The second kappa shape index (κ2) is 37.6. The summed E-state index contributed by atoms with van der Waals surface area (Å²) in [7, 11) is -10.6. The molecule has 1 rings (SSSR count). The number of hydrogen-bond donors (Lipinski definition) is 7. The number of carbonyl (C=O) groups is 3. The van der Waals surface area contributed by atoms with Gasteiger partial charge in [0.25, 0.3) is 0 Å². The second-order valence-corrected chi connectivity index (χ2v) is 20.5. The minimum atomic E-state index is -5.31. The third-order valence-electron chi connectivity index (χ3n) is 11.8. The molecule has 65 heavy (non-hydrogen) atoms. The van der Waals surface area contributed by atoms with Crippen LogP contribution in [0.4, 0.5) is 0 Å². The zero-order valence-electron chi connectivity index (χ0n) is 39.7. The van der Waals surface area contributed by atoms with Crippen molar-refractivity contribution in [2.75, 3.05) is 13.2 Å². The Morgan fingerprint density at radius 2 is 0.800 bits per heavy atom. The van der Waals surface area contributed by atoms with E-state index in [2.05, 4.69) is 11.4 Å². The molecule has 7 N–H and O–H groups in total. The van der Waals surface area contributed by atoms with Gasteiger partial charge in [-0.1, -0.05) is 168 Å². The predicted molar refractivity (Wildman–Crippen MR) is 247 cm³/mol. The Labute approximate surface area is 389 Å². The minimum Gasteiger partial charge on any atom is -0.462 e. The summed E-state index contributed by atoms with van der Waals surface area (Å²) in [5, 5.41) is 41.5. The number of aliphatic hydroxyl groups is 4. The number of Topliss-reactive ketones (excluding diaryl/α,β-unsaturated/α-hetero) is 1. The molecular formula is C46H88O17P2. The minimum absolute atomic E-state index is 0.0493. The number of phosphoric acid groups is 2. The highest BCUT2D eigenvalue weighted by Gasteiger charge is 2.54. The summed E-state index contributed by atoms with van der Waals surface area (Å²) < 4.78 is 49.2. The number of phosphoric ester groups is 2. The maximum Gasteiger partial charge on any atom is 0.472 e. The molecule has 0 bridgehead atoms. The van der Waals surface area contributed by atoms with Crippen molar-refractivity contribution < 1.29 is 81.7 Å². The van der Waals surface area contributed by atoms with Crippen LogP contribution in [0, 0.1) is 0 Å². The van der Waals surface area contributed by atoms with Crippen molar-refractivity contribution >= 4 is 33.4 Å². The van der Waals surface area contributed by atoms with Crippen LogP contribution in [-0.2, 0) is 46.6 Å².